The fraction of sp³-hybridized carbons (Fsp3) is 0.789. The zero-order valence-corrected chi connectivity index (χ0v) is 14.9. The average Bonchev–Trinajstić information content (AvgIpc) is 2.54. The lowest BCUT2D eigenvalue weighted by molar-refractivity contribution is 0.0741. The fourth-order valence-corrected chi connectivity index (χ4v) is 3.40. The molecule has 0 aromatic rings. The summed E-state index contributed by atoms with van der Waals surface area (Å²) in [6, 6.07) is 0. The van der Waals surface area contributed by atoms with Gasteiger partial charge in [0.15, 0.2) is 0 Å². The molecule has 0 saturated carbocycles. The second-order valence-corrected chi connectivity index (χ2v) is 6.93. The zero-order valence-electron chi connectivity index (χ0n) is 14.9. The highest BCUT2D eigenvalue weighted by atomic mass is 15.6. The second kappa shape index (κ2) is 9.36. The molecular weight excluding hydrogens is 270 g/mol. The number of likely N-dealkylation sites (N-methyl/N-ethyl adjacent to an activating group) is 1. The monoisotopic (exact) mass is 305 g/mol. The minimum atomic E-state index is 0.366. The first-order chi connectivity index (χ1) is 10.7. The first-order valence-electron chi connectivity index (χ1n) is 9.38. The maximum Gasteiger partial charge on any atom is 0.114 e. The Kier molecular flexibility index (Phi) is 7.47. The van der Waals surface area contributed by atoms with Crippen LogP contribution in [0.25, 0.3) is 0 Å². The Morgan fingerprint density at radius 3 is 2.59 bits per heavy atom. The SMILES string of the molecule is CCCCCCC1=CC=CN(CC)C1NN1CCC(C)CC1. The third-order valence-corrected chi connectivity index (χ3v) is 5.04. The van der Waals surface area contributed by atoms with Crippen LogP contribution in [-0.4, -0.2) is 35.7 Å². The van der Waals surface area contributed by atoms with Gasteiger partial charge in [-0.2, -0.15) is 0 Å². The summed E-state index contributed by atoms with van der Waals surface area (Å²) >= 11 is 0. The van der Waals surface area contributed by atoms with Gasteiger partial charge in [-0.15, -0.1) is 0 Å². The van der Waals surface area contributed by atoms with Gasteiger partial charge in [0, 0.05) is 25.8 Å². The highest BCUT2D eigenvalue weighted by molar-refractivity contribution is 5.22. The van der Waals surface area contributed by atoms with Crippen molar-refractivity contribution >= 4 is 0 Å². The first kappa shape index (κ1) is 17.6. The van der Waals surface area contributed by atoms with Crippen molar-refractivity contribution in [3.05, 3.63) is 23.9 Å². The predicted molar refractivity (Wildman–Crippen MR) is 95.3 cm³/mol. The summed E-state index contributed by atoms with van der Waals surface area (Å²) in [5, 5.41) is 2.45. The molecule has 3 heteroatoms. The van der Waals surface area contributed by atoms with Crippen LogP contribution >= 0.6 is 0 Å². The number of nitrogens with zero attached hydrogens (tertiary/aromatic N) is 2. The number of unbranched alkanes of at least 4 members (excludes halogenated alkanes) is 3. The first-order valence-corrected chi connectivity index (χ1v) is 9.38. The largest absolute Gasteiger partial charge is 0.358 e. The molecule has 0 aromatic heterocycles. The van der Waals surface area contributed by atoms with Crippen molar-refractivity contribution in [2.24, 2.45) is 5.92 Å². The molecule has 0 amide bonds. The van der Waals surface area contributed by atoms with Crippen molar-refractivity contribution < 1.29 is 0 Å². The number of allylic oxidation sites excluding steroid dienone is 2. The van der Waals surface area contributed by atoms with Crippen LogP contribution in [0.4, 0.5) is 0 Å². The number of nitrogens with one attached hydrogen (secondary N) is 1. The summed E-state index contributed by atoms with van der Waals surface area (Å²) in [6.45, 7) is 10.3. The summed E-state index contributed by atoms with van der Waals surface area (Å²) in [5.41, 5.74) is 5.36. The van der Waals surface area contributed by atoms with E-state index in [1.807, 2.05) is 0 Å². The van der Waals surface area contributed by atoms with Crippen LogP contribution in [0.1, 0.15) is 65.7 Å². The van der Waals surface area contributed by atoms with E-state index in [1.54, 1.807) is 5.57 Å². The molecule has 0 spiro atoms. The Hall–Kier alpha value is -0.800. The minimum Gasteiger partial charge on any atom is -0.358 e. The molecule has 0 aromatic carbocycles. The minimum absolute atomic E-state index is 0.366. The van der Waals surface area contributed by atoms with Gasteiger partial charge in [-0.25, -0.2) is 10.4 Å². The molecule has 2 aliphatic rings. The van der Waals surface area contributed by atoms with Gasteiger partial charge in [0.25, 0.3) is 0 Å². The van der Waals surface area contributed by atoms with E-state index in [-0.39, 0.29) is 0 Å². The van der Waals surface area contributed by atoms with Gasteiger partial charge < -0.3 is 4.90 Å². The molecule has 1 saturated heterocycles. The Balaban J connectivity index is 1.90. The molecule has 2 aliphatic heterocycles. The van der Waals surface area contributed by atoms with E-state index in [0.717, 1.165) is 12.5 Å². The predicted octanol–water partition coefficient (Wildman–Crippen LogP) is 4.30. The lowest BCUT2D eigenvalue weighted by atomic mass is 9.99. The zero-order chi connectivity index (χ0) is 15.8. The van der Waals surface area contributed by atoms with Crippen LogP contribution < -0.4 is 5.43 Å². The highest BCUT2D eigenvalue weighted by Crippen LogP contribution is 2.22. The van der Waals surface area contributed by atoms with Crippen LogP contribution in [0.3, 0.4) is 0 Å². The fourth-order valence-electron chi connectivity index (χ4n) is 3.40. The van der Waals surface area contributed by atoms with Gasteiger partial charge in [-0.05, 0) is 50.2 Å². The number of hydrogen-bond donors (Lipinski definition) is 1. The Morgan fingerprint density at radius 2 is 1.91 bits per heavy atom. The van der Waals surface area contributed by atoms with Crippen LogP contribution in [0, 0.1) is 5.92 Å². The van der Waals surface area contributed by atoms with Gasteiger partial charge in [0.05, 0.1) is 0 Å². The molecule has 3 nitrogen and oxygen atoms in total. The van der Waals surface area contributed by atoms with Crippen LogP contribution in [0.15, 0.2) is 23.9 Å². The second-order valence-electron chi connectivity index (χ2n) is 6.93. The quantitative estimate of drug-likeness (QED) is 0.675. The molecule has 22 heavy (non-hydrogen) atoms. The van der Waals surface area contributed by atoms with Crippen molar-refractivity contribution in [2.75, 3.05) is 19.6 Å². The molecule has 1 atom stereocenters. The van der Waals surface area contributed by atoms with E-state index in [2.05, 4.69) is 54.5 Å². The molecule has 126 valence electrons. The Morgan fingerprint density at radius 1 is 1.14 bits per heavy atom. The van der Waals surface area contributed by atoms with E-state index < -0.39 is 0 Å². The Labute approximate surface area is 137 Å². The number of rotatable bonds is 8. The molecule has 1 unspecified atom stereocenters. The summed E-state index contributed by atoms with van der Waals surface area (Å²) in [6.07, 6.45) is 16.4. The van der Waals surface area contributed by atoms with E-state index in [4.69, 9.17) is 0 Å². The van der Waals surface area contributed by atoms with Gasteiger partial charge in [0.1, 0.15) is 6.17 Å². The van der Waals surface area contributed by atoms with Crippen molar-refractivity contribution in [1.82, 2.24) is 15.3 Å². The molecule has 0 bridgehead atoms. The van der Waals surface area contributed by atoms with E-state index in [9.17, 15) is 0 Å². The molecule has 1 fully saturated rings. The van der Waals surface area contributed by atoms with Crippen molar-refractivity contribution in [2.45, 2.75) is 71.9 Å². The van der Waals surface area contributed by atoms with Crippen LogP contribution in [-0.2, 0) is 0 Å². The average molecular weight is 306 g/mol. The summed E-state index contributed by atoms with van der Waals surface area (Å²) in [7, 11) is 0. The molecule has 0 aliphatic carbocycles. The van der Waals surface area contributed by atoms with Crippen LogP contribution in [0.2, 0.25) is 0 Å². The summed E-state index contributed by atoms with van der Waals surface area (Å²) in [4.78, 5) is 2.44. The van der Waals surface area contributed by atoms with Crippen molar-refractivity contribution in [1.29, 1.82) is 0 Å². The third-order valence-electron chi connectivity index (χ3n) is 5.04. The van der Waals surface area contributed by atoms with Gasteiger partial charge in [-0.1, -0.05) is 39.2 Å². The van der Waals surface area contributed by atoms with Crippen LogP contribution in [0.5, 0.6) is 0 Å². The van der Waals surface area contributed by atoms with E-state index in [0.29, 0.717) is 6.17 Å². The summed E-state index contributed by atoms with van der Waals surface area (Å²) < 4.78 is 0. The molecule has 0 radical (unpaired) electrons. The van der Waals surface area contributed by atoms with Gasteiger partial charge in [-0.3, -0.25) is 0 Å². The highest BCUT2D eigenvalue weighted by Gasteiger charge is 2.24. The summed E-state index contributed by atoms with van der Waals surface area (Å²) in [5.74, 6) is 0.885. The topological polar surface area (TPSA) is 18.5 Å². The number of hydrazine groups is 1. The Bertz CT molecular complexity index is 367. The van der Waals surface area contributed by atoms with E-state index >= 15 is 0 Å². The third kappa shape index (κ3) is 5.13. The standard InChI is InChI=1S/C19H35N3/c1-4-6-7-8-10-18-11-9-14-21(5-2)19(18)20-22-15-12-17(3)13-16-22/h9,11,14,17,19-20H,4-8,10,12-13,15-16H2,1-3H3. The molecule has 1 N–H and O–H groups in total. The maximum absolute atomic E-state index is 3.81. The molecule has 2 heterocycles. The smallest absolute Gasteiger partial charge is 0.114 e. The lowest BCUT2D eigenvalue weighted by Crippen LogP contribution is -2.55. The van der Waals surface area contributed by atoms with Gasteiger partial charge in [0.2, 0.25) is 0 Å². The molecular formula is C19H35N3. The van der Waals surface area contributed by atoms with E-state index in [1.165, 1.54) is 58.0 Å². The lowest BCUT2D eigenvalue weighted by Gasteiger charge is -2.40. The normalized spacial score (nSPS) is 23.9. The molecule has 2 rings (SSSR count). The van der Waals surface area contributed by atoms with Crippen molar-refractivity contribution in [3.8, 4) is 0 Å². The maximum atomic E-state index is 3.81. The number of hydrogen-bond acceptors (Lipinski definition) is 3. The van der Waals surface area contributed by atoms with Crippen molar-refractivity contribution in [3.63, 3.8) is 0 Å². The number of piperidine rings is 1. The van der Waals surface area contributed by atoms with Gasteiger partial charge >= 0.3 is 0 Å².